The van der Waals surface area contributed by atoms with E-state index in [4.69, 9.17) is 9.84 Å². The summed E-state index contributed by atoms with van der Waals surface area (Å²) in [6.07, 6.45) is 2.97. The molecule has 2 amide bonds. The van der Waals surface area contributed by atoms with Gasteiger partial charge in [-0.1, -0.05) is 0 Å². The van der Waals surface area contributed by atoms with Crippen molar-refractivity contribution in [2.24, 2.45) is 5.92 Å². The van der Waals surface area contributed by atoms with Crippen molar-refractivity contribution in [1.29, 1.82) is 0 Å². The highest BCUT2D eigenvalue weighted by Crippen LogP contribution is 2.13. The van der Waals surface area contributed by atoms with Gasteiger partial charge in [0.1, 0.15) is 5.92 Å². The molecule has 0 aliphatic carbocycles. The minimum absolute atomic E-state index is 0.0993. The fourth-order valence-electron chi connectivity index (χ4n) is 1.61. The minimum atomic E-state index is -0.992. The first-order chi connectivity index (χ1) is 8.66. The van der Waals surface area contributed by atoms with Gasteiger partial charge in [-0.2, -0.15) is 0 Å². The van der Waals surface area contributed by atoms with Gasteiger partial charge in [-0.25, -0.2) is 14.8 Å². The molecule has 1 fully saturated rings. The van der Waals surface area contributed by atoms with E-state index in [0.717, 1.165) is 0 Å². The smallest absolute Gasteiger partial charge is 0.321 e. The van der Waals surface area contributed by atoms with E-state index in [1.54, 1.807) is 6.07 Å². The van der Waals surface area contributed by atoms with E-state index in [1.165, 1.54) is 12.4 Å². The fourth-order valence-corrected chi connectivity index (χ4v) is 1.61. The largest absolute Gasteiger partial charge is 0.481 e. The summed E-state index contributed by atoms with van der Waals surface area (Å²) in [5.41, 5.74) is 0. The number of nitrogens with one attached hydrogen (secondary N) is 2. The molecule has 0 bridgehead atoms. The molecule has 1 aliphatic heterocycles. The number of amides is 2. The van der Waals surface area contributed by atoms with Crippen molar-refractivity contribution in [3.63, 3.8) is 0 Å². The lowest BCUT2D eigenvalue weighted by Crippen LogP contribution is -2.44. The number of nitrogens with zero attached hydrogens (tertiary/aromatic N) is 2. The van der Waals surface area contributed by atoms with Crippen LogP contribution in [0.15, 0.2) is 18.5 Å². The molecule has 0 radical (unpaired) electrons. The van der Waals surface area contributed by atoms with Gasteiger partial charge in [-0.3, -0.25) is 10.1 Å². The molecule has 96 valence electrons. The van der Waals surface area contributed by atoms with Crippen LogP contribution < -0.4 is 10.6 Å². The van der Waals surface area contributed by atoms with Crippen LogP contribution in [0.1, 0.15) is 0 Å². The monoisotopic (exact) mass is 252 g/mol. The second-order valence-electron chi connectivity index (χ2n) is 3.76. The molecule has 0 saturated carbocycles. The predicted octanol–water partition coefficient (Wildman–Crippen LogP) is -0.302. The molecular weight excluding hydrogens is 240 g/mol. The second-order valence-corrected chi connectivity index (χ2v) is 3.76. The molecule has 3 N–H and O–H groups in total. The van der Waals surface area contributed by atoms with Gasteiger partial charge < -0.3 is 15.2 Å². The van der Waals surface area contributed by atoms with Crippen LogP contribution in [0.5, 0.6) is 0 Å². The molecule has 0 spiro atoms. The maximum atomic E-state index is 11.6. The maximum absolute atomic E-state index is 11.6. The third-order valence-corrected chi connectivity index (χ3v) is 2.51. The van der Waals surface area contributed by atoms with Gasteiger partial charge in [0.05, 0.1) is 19.3 Å². The van der Waals surface area contributed by atoms with E-state index in [1.807, 2.05) is 0 Å². The molecule has 2 rings (SSSR count). The molecule has 2 unspecified atom stereocenters. The number of hydrogen-bond acceptors (Lipinski definition) is 5. The number of rotatable bonds is 3. The summed E-state index contributed by atoms with van der Waals surface area (Å²) in [6.45, 7) is 0.280. The summed E-state index contributed by atoms with van der Waals surface area (Å²) in [5.74, 6) is -1.57. The average molecular weight is 252 g/mol. The Kier molecular flexibility index (Phi) is 3.68. The fraction of sp³-hybridized carbons (Fsp3) is 0.400. The molecule has 18 heavy (non-hydrogen) atoms. The predicted molar refractivity (Wildman–Crippen MR) is 59.9 cm³/mol. The van der Waals surface area contributed by atoms with Gasteiger partial charge in [-0.05, 0) is 6.07 Å². The van der Waals surface area contributed by atoms with Crippen LogP contribution in [0.4, 0.5) is 10.7 Å². The summed E-state index contributed by atoms with van der Waals surface area (Å²) in [4.78, 5) is 30.1. The van der Waals surface area contributed by atoms with Crippen LogP contribution in [0, 0.1) is 5.92 Å². The topological polar surface area (TPSA) is 113 Å². The lowest BCUT2D eigenvalue weighted by atomic mass is 10.0. The Morgan fingerprint density at radius 2 is 2.06 bits per heavy atom. The molecule has 2 atom stereocenters. The molecule has 8 heteroatoms. The van der Waals surface area contributed by atoms with Crippen LogP contribution in [0.2, 0.25) is 0 Å². The van der Waals surface area contributed by atoms with E-state index in [9.17, 15) is 9.59 Å². The molecule has 1 aliphatic rings. The normalized spacial score (nSPS) is 22.4. The van der Waals surface area contributed by atoms with Crippen molar-refractivity contribution >= 4 is 17.9 Å². The van der Waals surface area contributed by atoms with Gasteiger partial charge in [0.25, 0.3) is 0 Å². The zero-order valence-corrected chi connectivity index (χ0v) is 9.37. The molecule has 2 heterocycles. The minimum Gasteiger partial charge on any atom is -0.481 e. The quantitative estimate of drug-likeness (QED) is 0.680. The number of hydrogen-bond donors (Lipinski definition) is 3. The van der Waals surface area contributed by atoms with E-state index in [2.05, 4.69) is 20.6 Å². The first-order valence-electron chi connectivity index (χ1n) is 5.32. The lowest BCUT2D eigenvalue weighted by molar-refractivity contribution is -0.142. The first kappa shape index (κ1) is 12.2. The third kappa shape index (κ3) is 2.92. The van der Waals surface area contributed by atoms with Crippen LogP contribution in [0.3, 0.4) is 0 Å². The van der Waals surface area contributed by atoms with Crippen LogP contribution in [0.25, 0.3) is 0 Å². The zero-order chi connectivity index (χ0) is 13.0. The molecule has 1 aromatic heterocycles. The summed E-state index contributed by atoms with van der Waals surface area (Å²) in [7, 11) is 0. The number of carboxylic acids is 1. The average Bonchev–Trinajstić information content (AvgIpc) is 2.78. The van der Waals surface area contributed by atoms with Crippen molar-refractivity contribution in [1.82, 2.24) is 15.3 Å². The number of urea groups is 1. The van der Waals surface area contributed by atoms with Crippen molar-refractivity contribution in [2.45, 2.75) is 6.04 Å². The third-order valence-electron chi connectivity index (χ3n) is 2.51. The number of aromatic nitrogens is 2. The Hall–Kier alpha value is -2.22. The van der Waals surface area contributed by atoms with E-state index in [0.29, 0.717) is 0 Å². The first-order valence-corrected chi connectivity index (χ1v) is 5.32. The number of carboxylic acid groups (broad SMARTS) is 1. The highest BCUT2D eigenvalue weighted by Gasteiger charge is 2.35. The second kappa shape index (κ2) is 5.41. The Morgan fingerprint density at radius 1 is 1.33 bits per heavy atom. The maximum Gasteiger partial charge on any atom is 0.321 e. The lowest BCUT2D eigenvalue weighted by Gasteiger charge is -2.15. The Labute approximate surface area is 102 Å². The molecule has 1 aromatic rings. The number of ether oxygens (including phenoxy) is 1. The zero-order valence-electron chi connectivity index (χ0n) is 9.37. The number of carbonyl (C=O) groups is 2. The summed E-state index contributed by atoms with van der Waals surface area (Å²) >= 11 is 0. The number of carbonyl (C=O) groups excluding carboxylic acids is 1. The molecule has 1 saturated heterocycles. The highest BCUT2D eigenvalue weighted by atomic mass is 16.5. The van der Waals surface area contributed by atoms with Crippen molar-refractivity contribution < 1.29 is 19.4 Å². The van der Waals surface area contributed by atoms with Crippen LogP contribution in [-0.2, 0) is 9.53 Å². The summed E-state index contributed by atoms with van der Waals surface area (Å²) in [5, 5.41) is 13.8. The Bertz CT molecular complexity index is 439. The molecule has 0 aromatic carbocycles. The van der Waals surface area contributed by atoms with Crippen LogP contribution in [-0.4, -0.2) is 46.3 Å². The van der Waals surface area contributed by atoms with E-state index in [-0.39, 0.29) is 19.2 Å². The van der Waals surface area contributed by atoms with E-state index >= 15 is 0 Å². The van der Waals surface area contributed by atoms with Gasteiger partial charge in [0.15, 0.2) is 0 Å². The number of anilines is 1. The van der Waals surface area contributed by atoms with Gasteiger partial charge in [-0.15, -0.1) is 0 Å². The Balaban J connectivity index is 1.90. The summed E-state index contributed by atoms with van der Waals surface area (Å²) < 4.78 is 5.03. The van der Waals surface area contributed by atoms with Crippen molar-refractivity contribution in [3.05, 3.63) is 18.5 Å². The van der Waals surface area contributed by atoms with Gasteiger partial charge >= 0.3 is 12.0 Å². The standard InChI is InChI=1S/C10H12N4O4/c15-8(16)6-4-18-5-7(6)13-10(17)14-9-11-2-1-3-12-9/h1-3,6-7H,4-5H2,(H,15,16)(H2,11,12,13,14,17). The molecule has 8 nitrogen and oxygen atoms in total. The molecular formula is C10H12N4O4. The van der Waals surface area contributed by atoms with Crippen molar-refractivity contribution in [3.8, 4) is 0 Å². The van der Waals surface area contributed by atoms with Crippen LogP contribution >= 0.6 is 0 Å². The Morgan fingerprint density at radius 3 is 2.72 bits per heavy atom. The highest BCUT2D eigenvalue weighted by molar-refractivity contribution is 5.88. The number of aliphatic carboxylic acids is 1. The SMILES string of the molecule is O=C(Nc1ncccn1)NC1COCC1C(=O)O. The summed E-state index contributed by atoms with van der Waals surface area (Å²) in [6, 6.07) is 0.517. The van der Waals surface area contributed by atoms with E-state index < -0.39 is 24.0 Å². The van der Waals surface area contributed by atoms with Gasteiger partial charge in [0.2, 0.25) is 5.95 Å². The van der Waals surface area contributed by atoms with Gasteiger partial charge in [0, 0.05) is 12.4 Å². The van der Waals surface area contributed by atoms with Crippen molar-refractivity contribution in [2.75, 3.05) is 18.5 Å².